The van der Waals surface area contributed by atoms with Crippen LogP contribution in [0.3, 0.4) is 0 Å². The van der Waals surface area contributed by atoms with Crippen LogP contribution in [0.4, 0.5) is 0 Å². The molecule has 0 amide bonds. The lowest BCUT2D eigenvalue weighted by Gasteiger charge is -2.10. The van der Waals surface area contributed by atoms with Gasteiger partial charge in [-0.2, -0.15) is 8.42 Å². The summed E-state index contributed by atoms with van der Waals surface area (Å²) < 4.78 is 30.0. The van der Waals surface area contributed by atoms with Crippen molar-refractivity contribution in [3.05, 3.63) is 71.8 Å². The van der Waals surface area contributed by atoms with Crippen LogP contribution in [0, 0.1) is 6.92 Å². The molecule has 0 aromatic heterocycles. The number of carbonyl (C=O) groups is 1. The van der Waals surface area contributed by atoms with E-state index in [1.165, 1.54) is 12.1 Å². The number of aryl methyl sites for hydroxylation is 1. The summed E-state index contributed by atoms with van der Waals surface area (Å²) in [7, 11) is -3.99. The number of carbonyl (C=O) groups excluding carboxylic acids is 1. The second-order valence-corrected chi connectivity index (χ2v) is 6.75. The molecular weight excluding hydrogens is 312 g/mol. The molecule has 0 aliphatic carbocycles. The van der Waals surface area contributed by atoms with E-state index in [1.54, 1.807) is 24.3 Å². The predicted octanol–water partition coefficient (Wildman–Crippen LogP) is 3.73. The highest BCUT2D eigenvalue weighted by Gasteiger charge is 2.18. The standard InChI is InChI=1S/C18H14O4S/c1-13-6-8-17(9-7-13)23(20,21)22-18-11-15-5-3-2-4-14(15)10-16(18)12-19/h2-12H,1H3. The molecule has 0 saturated heterocycles. The first-order valence-corrected chi connectivity index (χ1v) is 8.39. The molecule has 3 aromatic carbocycles. The summed E-state index contributed by atoms with van der Waals surface area (Å²) in [5, 5.41) is 1.64. The Morgan fingerprint density at radius 1 is 0.913 bits per heavy atom. The Morgan fingerprint density at radius 2 is 1.52 bits per heavy atom. The van der Waals surface area contributed by atoms with Crippen molar-refractivity contribution in [1.82, 2.24) is 0 Å². The van der Waals surface area contributed by atoms with Gasteiger partial charge in [0, 0.05) is 0 Å². The second-order valence-electron chi connectivity index (χ2n) is 5.21. The summed E-state index contributed by atoms with van der Waals surface area (Å²) >= 11 is 0. The van der Waals surface area contributed by atoms with E-state index in [-0.39, 0.29) is 16.2 Å². The Bertz CT molecular complexity index is 974. The SMILES string of the molecule is Cc1ccc(S(=O)(=O)Oc2cc3ccccc3cc2C=O)cc1. The lowest BCUT2D eigenvalue weighted by atomic mass is 10.1. The van der Waals surface area contributed by atoms with Gasteiger partial charge in [-0.15, -0.1) is 0 Å². The van der Waals surface area contributed by atoms with Crippen molar-refractivity contribution in [2.45, 2.75) is 11.8 Å². The summed E-state index contributed by atoms with van der Waals surface area (Å²) in [6.07, 6.45) is 0.590. The third-order valence-electron chi connectivity index (χ3n) is 3.51. The third-order valence-corrected chi connectivity index (χ3v) is 4.76. The first-order chi connectivity index (χ1) is 11.0. The fourth-order valence-corrected chi connectivity index (χ4v) is 3.22. The fraction of sp³-hybridized carbons (Fsp3) is 0.0556. The van der Waals surface area contributed by atoms with E-state index in [0.717, 1.165) is 16.3 Å². The lowest BCUT2D eigenvalue weighted by Crippen LogP contribution is -2.11. The minimum absolute atomic E-state index is 0.0271. The number of benzene rings is 3. The molecule has 0 aliphatic rings. The number of aldehydes is 1. The van der Waals surface area contributed by atoms with Crippen LogP contribution in [0.5, 0.6) is 5.75 Å². The topological polar surface area (TPSA) is 60.4 Å². The summed E-state index contributed by atoms with van der Waals surface area (Å²) in [6.45, 7) is 1.87. The smallest absolute Gasteiger partial charge is 0.339 e. The predicted molar refractivity (Wildman–Crippen MR) is 88.3 cm³/mol. The number of rotatable bonds is 4. The van der Waals surface area contributed by atoms with Gasteiger partial charge in [0.15, 0.2) is 12.0 Å². The van der Waals surface area contributed by atoms with Crippen LogP contribution >= 0.6 is 0 Å². The molecular formula is C18H14O4S. The summed E-state index contributed by atoms with van der Waals surface area (Å²) in [5.41, 5.74) is 1.14. The molecule has 4 nitrogen and oxygen atoms in total. The summed E-state index contributed by atoms with van der Waals surface area (Å²) in [4.78, 5) is 11.3. The number of hydrogen-bond acceptors (Lipinski definition) is 4. The van der Waals surface area contributed by atoms with Crippen LogP contribution in [-0.4, -0.2) is 14.7 Å². The van der Waals surface area contributed by atoms with Crippen molar-refractivity contribution in [2.24, 2.45) is 0 Å². The maximum Gasteiger partial charge on any atom is 0.339 e. The van der Waals surface area contributed by atoms with E-state index in [1.807, 2.05) is 31.2 Å². The highest BCUT2D eigenvalue weighted by molar-refractivity contribution is 7.87. The molecule has 0 unspecified atom stereocenters. The van der Waals surface area contributed by atoms with Crippen molar-refractivity contribution in [2.75, 3.05) is 0 Å². The van der Waals surface area contributed by atoms with Gasteiger partial charge in [0.05, 0.1) is 5.56 Å². The highest BCUT2D eigenvalue weighted by atomic mass is 32.2. The minimum Gasteiger partial charge on any atom is -0.378 e. The van der Waals surface area contributed by atoms with Gasteiger partial charge in [0.2, 0.25) is 0 Å². The van der Waals surface area contributed by atoms with Crippen LogP contribution in [0.1, 0.15) is 15.9 Å². The van der Waals surface area contributed by atoms with E-state index < -0.39 is 10.1 Å². The molecule has 3 aromatic rings. The van der Waals surface area contributed by atoms with Gasteiger partial charge in [-0.3, -0.25) is 4.79 Å². The molecule has 116 valence electrons. The maximum atomic E-state index is 12.4. The zero-order valence-electron chi connectivity index (χ0n) is 12.4. The second kappa shape index (κ2) is 5.85. The van der Waals surface area contributed by atoms with Crippen molar-refractivity contribution in [1.29, 1.82) is 0 Å². The third kappa shape index (κ3) is 3.10. The van der Waals surface area contributed by atoms with Gasteiger partial charge in [0.1, 0.15) is 4.90 Å². The first-order valence-electron chi connectivity index (χ1n) is 6.99. The number of fused-ring (bicyclic) bond motifs is 1. The molecule has 0 heterocycles. The number of hydrogen-bond donors (Lipinski definition) is 0. The minimum atomic E-state index is -3.99. The molecule has 0 N–H and O–H groups in total. The van der Waals surface area contributed by atoms with Crippen LogP contribution in [0.25, 0.3) is 10.8 Å². The molecule has 5 heteroatoms. The van der Waals surface area contributed by atoms with Gasteiger partial charge in [-0.25, -0.2) is 0 Å². The van der Waals surface area contributed by atoms with Gasteiger partial charge in [0.25, 0.3) is 0 Å². The fourth-order valence-electron chi connectivity index (χ4n) is 2.27. The Morgan fingerprint density at radius 3 is 2.13 bits per heavy atom. The lowest BCUT2D eigenvalue weighted by molar-refractivity contribution is 0.112. The highest BCUT2D eigenvalue weighted by Crippen LogP contribution is 2.27. The maximum absolute atomic E-state index is 12.4. The van der Waals surface area contributed by atoms with Crippen LogP contribution in [0.15, 0.2) is 65.6 Å². The summed E-state index contributed by atoms with van der Waals surface area (Å²) in [6, 6.07) is 16.9. The van der Waals surface area contributed by atoms with Crippen LogP contribution < -0.4 is 4.18 Å². The van der Waals surface area contributed by atoms with Crippen molar-refractivity contribution < 1.29 is 17.4 Å². The monoisotopic (exact) mass is 326 g/mol. The van der Waals surface area contributed by atoms with E-state index in [0.29, 0.717) is 6.29 Å². The Balaban J connectivity index is 2.06. The normalized spacial score (nSPS) is 11.3. The van der Waals surface area contributed by atoms with Crippen LogP contribution in [-0.2, 0) is 10.1 Å². The molecule has 0 aliphatic heterocycles. The zero-order valence-corrected chi connectivity index (χ0v) is 13.2. The largest absolute Gasteiger partial charge is 0.378 e. The molecule has 3 rings (SSSR count). The van der Waals surface area contributed by atoms with Gasteiger partial charge in [-0.05, 0) is 42.0 Å². The van der Waals surface area contributed by atoms with Gasteiger partial charge >= 0.3 is 10.1 Å². The molecule has 0 spiro atoms. The average Bonchev–Trinajstić information content (AvgIpc) is 2.54. The summed E-state index contributed by atoms with van der Waals surface area (Å²) in [5.74, 6) is 0.0271. The Labute approximate surface area is 134 Å². The van der Waals surface area contributed by atoms with Crippen LogP contribution in [0.2, 0.25) is 0 Å². The van der Waals surface area contributed by atoms with Crippen molar-refractivity contribution in [3.63, 3.8) is 0 Å². The zero-order chi connectivity index (χ0) is 16.4. The molecule has 0 bridgehead atoms. The van der Waals surface area contributed by atoms with E-state index >= 15 is 0 Å². The van der Waals surface area contributed by atoms with E-state index in [4.69, 9.17) is 4.18 Å². The molecule has 0 saturated carbocycles. The first kappa shape index (κ1) is 15.2. The Kier molecular flexibility index (Phi) is 3.88. The molecule has 23 heavy (non-hydrogen) atoms. The van der Waals surface area contributed by atoms with Gasteiger partial charge in [-0.1, -0.05) is 42.0 Å². The van der Waals surface area contributed by atoms with Gasteiger partial charge < -0.3 is 4.18 Å². The molecule has 0 atom stereocenters. The van der Waals surface area contributed by atoms with Crippen molar-refractivity contribution in [3.8, 4) is 5.75 Å². The van der Waals surface area contributed by atoms with E-state index in [2.05, 4.69) is 0 Å². The average molecular weight is 326 g/mol. The molecule has 0 fully saturated rings. The Hall–Kier alpha value is -2.66. The van der Waals surface area contributed by atoms with E-state index in [9.17, 15) is 13.2 Å². The quantitative estimate of drug-likeness (QED) is 0.541. The molecule has 0 radical (unpaired) electrons. The van der Waals surface area contributed by atoms with Crippen molar-refractivity contribution >= 4 is 27.2 Å².